The molecular formula is C17H28N2O2. The van der Waals surface area contributed by atoms with Crippen LogP contribution in [0.4, 0.5) is 0 Å². The summed E-state index contributed by atoms with van der Waals surface area (Å²) < 4.78 is 0. The van der Waals surface area contributed by atoms with E-state index in [1.54, 1.807) is 7.05 Å². The highest BCUT2D eigenvalue weighted by atomic mass is 16.2. The van der Waals surface area contributed by atoms with Crippen molar-refractivity contribution in [2.45, 2.75) is 70.3 Å². The van der Waals surface area contributed by atoms with Gasteiger partial charge in [0.15, 0.2) is 0 Å². The van der Waals surface area contributed by atoms with Gasteiger partial charge in [-0.15, -0.1) is 0 Å². The predicted octanol–water partition coefficient (Wildman–Crippen LogP) is 2.38. The third kappa shape index (κ3) is 3.78. The lowest BCUT2D eigenvalue weighted by atomic mass is 9.83. The maximum atomic E-state index is 12.2. The Kier molecular flexibility index (Phi) is 4.23. The van der Waals surface area contributed by atoms with Crippen LogP contribution in [-0.4, -0.2) is 24.9 Å². The molecule has 0 aromatic carbocycles. The van der Waals surface area contributed by atoms with E-state index in [0.29, 0.717) is 23.8 Å². The van der Waals surface area contributed by atoms with E-state index < -0.39 is 0 Å². The average molecular weight is 292 g/mol. The van der Waals surface area contributed by atoms with E-state index in [1.165, 1.54) is 25.7 Å². The standard InChI is InChI=1S/C17H28N2O2/c1-18-15(20)10-12-2-6-14(7-3-12)19-16(21)11-17(8-9-17)13-4-5-13/h12-14H,2-11H2,1H3,(H,18,20)(H,19,21). The van der Waals surface area contributed by atoms with E-state index in [9.17, 15) is 9.59 Å². The average Bonchev–Trinajstić information content (AvgIpc) is 3.34. The maximum Gasteiger partial charge on any atom is 0.220 e. The van der Waals surface area contributed by atoms with Gasteiger partial charge in [0, 0.05) is 25.9 Å². The molecule has 118 valence electrons. The summed E-state index contributed by atoms with van der Waals surface area (Å²) in [5.74, 6) is 1.77. The number of hydrogen-bond acceptors (Lipinski definition) is 2. The highest BCUT2D eigenvalue weighted by molar-refractivity contribution is 5.77. The summed E-state index contributed by atoms with van der Waals surface area (Å²) in [6, 6.07) is 0.341. The summed E-state index contributed by atoms with van der Waals surface area (Å²) in [4.78, 5) is 23.6. The smallest absolute Gasteiger partial charge is 0.220 e. The second kappa shape index (κ2) is 5.98. The van der Waals surface area contributed by atoms with Gasteiger partial charge in [0.05, 0.1) is 0 Å². The van der Waals surface area contributed by atoms with Gasteiger partial charge in [0.1, 0.15) is 0 Å². The van der Waals surface area contributed by atoms with Crippen LogP contribution in [0.1, 0.15) is 64.2 Å². The Morgan fingerprint density at radius 1 is 1.00 bits per heavy atom. The Morgan fingerprint density at radius 2 is 1.67 bits per heavy atom. The SMILES string of the molecule is CNC(=O)CC1CCC(NC(=O)CC2(C3CC3)CC2)CC1. The van der Waals surface area contributed by atoms with E-state index in [4.69, 9.17) is 0 Å². The quantitative estimate of drug-likeness (QED) is 0.789. The first-order valence-corrected chi connectivity index (χ1v) is 8.61. The summed E-state index contributed by atoms with van der Waals surface area (Å²) >= 11 is 0. The molecule has 2 N–H and O–H groups in total. The van der Waals surface area contributed by atoms with Crippen molar-refractivity contribution in [2.24, 2.45) is 17.3 Å². The number of nitrogens with one attached hydrogen (secondary N) is 2. The number of carbonyl (C=O) groups is 2. The van der Waals surface area contributed by atoms with Crippen LogP contribution in [0.15, 0.2) is 0 Å². The Hall–Kier alpha value is -1.06. The van der Waals surface area contributed by atoms with E-state index in [-0.39, 0.29) is 11.8 Å². The fourth-order valence-electron chi connectivity index (χ4n) is 4.06. The first-order chi connectivity index (χ1) is 10.1. The zero-order valence-electron chi connectivity index (χ0n) is 13.1. The Balaban J connectivity index is 1.37. The van der Waals surface area contributed by atoms with Crippen molar-refractivity contribution in [3.63, 3.8) is 0 Å². The fourth-order valence-corrected chi connectivity index (χ4v) is 4.06. The van der Waals surface area contributed by atoms with Crippen molar-refractivity contribution in [3.8, 4) is 0 Å². The molecule has 3 aliphatic carbocycles. The molecule has 0 aliphatic heterocycles. The third-order valence-corrected chi connectivity index (χ3v) is 5.81. The normalized spacial score (nSPS) is 30.5. The van der Waals surface area contributed by atoms with Gasteiger partial charge >= 0.3 is 0 Å². The molecule has 3 saturated carbocycles. The van der Waals surface area contributed by atoms with Crippen LogP contribution < -0.4 is 10.6 Å². The molecule has 0 aromatic rings. The van der Waals surface area contributed by atoms with E-state index in [1.807, 2.05) is 0 Å². The molecular weight excluding hydrogens is 264 g/mol. The summed E-state index contributed by atoms with van der Waals surface area (Å²) in [6.07, 6.45) is 10.8. The van der Waals surface area contributed by atoms with Gasteiger partial charge in [-0.05, 0) is 68.6 Å². The lowest BCUT2D eigenvalue weighted by molar-refractivity contribution is -0.124. The highest BCUT2D eigenvalue weighted by Crippen LogP contribution is 2.63. The summed E-state index contributed by atoms with van der Waals surface area (Å²) in [5.41, 5.74) is 0.403. The summed E-state index contributed by atoms with van der Waals surface area (Å²) in [7, 11) is 1.70. The fraction of sp³-hybridized carbons (Fsp3) is 0.882. The molecule has 0 atom stereocenters. The minimum absolute atomic E-state index is 0.141. The van der Waals surface area contributed by atoms with Crippen LogP contribution in [-0.2, 0) is 9.59 Å². The van der Waals surface area contributed by atoms with Gasteiger partial charge in [0.25, 0.3) is 0 Å². The Labute approximate surface area is 127 Å². The van der Waals surface area contributed by atoms with Crippen molar-refractivity contribution in [3.05, 3.63) is 0 Å². The van der Waals surface area contributed by atoms with E-state index >= 15 is 0 Å². The predicted molar refractivity (Wildman–Crippen MR) is 81.6 cm³/mol. The van der Waals surface area contributed by atoms with Gasteiger partial charge < -0.3 is 10.6 Å². The molecule has 0 saturated heterocycles. The largest absolute Gasteiger partial charge is 0.359 e. The highest BCUT2D eigenvalue weighted by Gasteiger charge is 2.54. The van der Waals surface area contributed by atoms with E-state index in [0.717, 1.165) is 38.0 Å². The molecule has 0 spiro atoms. The molecule has 0 heterocycles. The zero-order valence-corrected chi connectivity index (χ0v) is 13.1. The molecule has 2 amide bonds. The lowest BCUT2D eigenvalue weighted by Crippen LogP contribution is -2.39. The number of amides is 2. The van der Waals surface area contributed by atoms with Crippen molar-refractivity contribution in [2.75, 3.05) is 7.05 Å². The Morgan fingerprint density at radius 3 is 2.19 bits per heavy atom. The maximum absolute atomic E-state index is 12.2. The molecule has 21 heavy (non-hydrogen) atoms. The molecule has 4 nitrogen and oxygen atoms in total. The van der Waals surface area contributed by atoms with Crippen molar-refractivity contribution >= 4 is 11.8 Å². The first kappa shape index (κ1) is 14.9. The number of rotatable bonds is 6. The van der Waals surface area contributed by atoms with Crippen LogP contribution in [0, 0.1) is 17.3 Å². The van der Waals surface area contributed by atoms with Crippen LogP contribution in [0.25, 0.3) is 0 Å². The van der Waals surface area contributed by atoms with Gasteiger partial charge in [-0.1, -0.05) is 0 Å². The molecule has 0 bridgehead atoms. The third-order valence-electron chi connectivity index (χ3n) is 5.81. The van der Waals surface area contributed by atoms with Crippen LogP contribution in [0.5, 0.6) is 0 Å². The summed E-state index contributed by atoms with van der Waals surface area (Å²) in [6.45, 7) is 0. The minimum atomic E-state index is 0.141. The molecule has 0 aromatic heterocycles. The van der Waals surface area contributed by atoms with Gasteiger partial charge in [-0.25, -0.2) is 0 Å². The molecule has 3 aliphatic rings. The minimum Gasteiger partial charge on any atom is -0.359 e. The second-order valence-electron chi connectivity index (χ2n) is 7.48. The molecule has 4 heteroatoms. The van der Waals surface area contributed by atoms with Crippen LogP contribution in [0.2, 0.25) is 0 Å². The summed E-state index contributed by atoms with van der Waals surface area (Å²) in [5, 5.41) is 5.94. The molecule has 0 unspecified atom stereocenters. The van der Waals surface area contributed by atoms with Crippen LogP contribution in [0.3, 0.4) is 0 Å². The topological polar surface area (TPSA) is 58.2 Å². The monoisotopic (exact) mass is 292 g/mol. The van der Waals surface area contributed by atoms with Crippen molar-refractivity contribution in [1.29, 1.82) is 0 Å². The van der Waals surface area contributed by atoms with Crippen molar-refractivity contribution in [1.82, 2.24) is 10.6 Å². The number of hydrogen-bond donors (Lipinski definition) is 2. The van der Waals surface area contributed by atoms with Crippen molar-refractivity contribution < 1.29 is 9.59 Å². The lowest BCUT2D eigenvalue weighted by Gasteiger charge is -2.29. The molecule has 3 rings (SSSR count). The van der Waals surface area contributed by atoms with Gasteiger partial charge in [-0.3, -0.25) is 9.59 Å². The van der Waals surface area contributed by atoms with E-state index in [2.05, 4.69) is 10.6 Å². The molecule has 0 radical (unpaired) electrons. The zero-order chi connectivity index (χ0) is 14.9. The first-order valence-electron chi connectivity index (χ1n) is 8.61. The van der Waals surface area contributed by atoms with Gasteiger partial charge in [0.2, 0.25) is 11.8 Å². The number of carbonyl (C=O) groups excluding carboxylic acids is 2. The second-order valence-corrected chi connectivity index (χ2v) is 7.48. The molecule has 3 fully saturated rings. The van der Waals surface area contributed by atoms with Crippen LogP contribution >= 0.6 is 0 Å². The Bertz CT molecular complexity index is 405. The van der Waals surface area contributed by atoms with Gasteiger partial charge in [-0.2, -0.15) is 0 Å².